The van der Waals surface area contributed by atoms with Gasteiger partial charge >= 0.3 is 0 Å². The van der Waals surface area contributed by atoms with Crippen LogP contribution in [0, 0.1) is 0 Å². The number of aromatic nitrogens is 2. The summed E-state index contributed by atoms with van der Waals surface area (Å²) in [6, 6.07) is 15.1. The maximum atomic E-state index is 12.3. The lowest BCUT2D eigenvalue weighted by atomic mass is 9.93. The van der Waals surface area contributed by atoms with Crippen molar-refractivity contribution in [1.29, 1.82) is 0 Å². The highest BCUT2D eigenvalue weighted by Gasteiger charge is 2.21. The molecule has 0 spiro atoms. The number of amides is 1. The first-order valence-electron chi connectivity index (χ1n) is 9.40. The summed E-state index contributed by atoms with van der Waals surface area (Å²) in [5, 5.41) is 6.57. The lowest BCUT2D eigenvalue weighted by Gasteiger charge is -2.26. The fourth-order valence-electron chi connectivity index (χ4n) is 3.83. The maximum absolute atomic E-state index is 12.3. The molecular formula is C21H22N4O. The highest BCUT2D eigenvalue weighted by atomic mass is 16.1. The molecule has 2 N–H and O–H groups in total. The molecule has 0 saturated heterocycles. The molecule has 2 heterocycles. The van der Waals surface area contributed by atoms with Crippen LogP contribution in [-0.4, -0.2) is 28.0 Å². The molecule has 5 rings (SSSR count). The van der Waals surface area contributed by atoms with Crippen LogP contribution in [0.3, 0.4) is 0 Å². The third-order valence-corrected chi connectivity index (χ3v) is 5.54. The first-order valence-corrected chi connectivity index (χ1v) is 9.40. The van der Waals surface area contributed by atoms with Crippen LogP contribution in [-0.2, 0) is 13.1 Å². The van der Waals surface area contributed by atoms with Gasteiger partial charge in [-0.3, -0.25) is 4.79 Å². The van der Waals surface area contributed by atoms with Crippen molar-refractivity contribution < 1.29 is 4.79 Å². The molecule has 1 aromatic heterocycles. The van der Waals surface area contributed by atoms with Crippen LogP contribution in [0.4, 0.5) is 0 Å². The molecule has 5 heteroatoms. The molecule has 0 unspecified atom stereocenters. The topological polar surface area (TPSA) is 59.0 Å². The number of nitrogens with zero attached hydrogens (tertiary/aromatic N) is 2. The predicted molar refractivity (Wildman–Crippen MR) is 102 cm³/mol. The zero-order valence-electron chi connectivity index (χ0n) is 14.7. The molecule has 1 aliphatic heterocycles. The van der Waals surface area contributed by atoms with Gasteiger partial charge in [-0.15, -0.1) is 0 Å². The molecule has 0 radical (unpaired) electrons. The minimum absolute atomic E-state index is 0.0155. The minimum Gasteiger partial charge on any atom is -0.350 e. The maximum Gasteiger partial charge on any atom is 0.253 e. The Morgan fingerprint density at radius 3 is 2.77 bits per heavy atom. The summed E-state index contributed by atoms with van der Waals surface area (Å²) < 4.78 is 2.17. The van der Waals surface area contributed by atoms with Crippen molar-refractivity contribution >= 4 is 16.9 Å². The molecule has 5 nitrogen and oxygen atoms in total. The molecule has 3 aromatic rings. The first kappa shape index (κ1) is 15.6. The van der Waals surface area contributed by atoms with Crippen LogP contribution >= 0.6 is 0 Å². The number of para-hydroxylation sites is 1. The standard InChI is InChI=1S/C21H22N4O/c26-21-17-5-2-6-18-19(17)25(12-11-22-21)20(24-18)15-9-7-14(8-10-15)13-23-16-3-1-4-16/h2,5-10,16,23H,1,3-4,11-13H2,(H,22,26). The molecule has 1 saturated carbocycles. The Labute approximate surface area is 152 Å². The highest BCUT2D eigenvalue weighted by molar-refractivity contribution is 6.06. The van der Waals surface area contributed by atoms with Crippen LogP contribution in [0.2, 0.25) is 0 Å². The van der Waals surface area contributed by atoms with Gasteiger partial charge in [0.15, 0.2) is 0 Å². The quantitative estimate of drug-likeness (QED) is 0.763. The fraction of sp³-hybridized carbons (Fsp3) is 0.333. The number of imidazole rings is 1. The molecular weight excluding hydrogens is 324 g/mol. The van der Waals surface area contributed by atoms with Gasteiger partial charge in [0.05, 0.1) is 16.6 Å². The van der Waals surface area contributed by atoms with Crippen molar-refractivity contribution in [3.63, 3.8) is 0 Å². The van der Waals surface area contributed by atoms with E-state index in [0.717, 1.165) is 35.5 Å². The predicted octanol–water partition coefficient (Wildman–Crippen LogP) is 3.09. The van der Waals surface area contributed by atoms with Gasteiger partial charge in [0, 0.05) is 31.2 Å². The van der Waals surface area contributed by atoms with E-state index in [-0.39, 0.29) is 5.91 Å². The van der Waals surface area contributed by atoms with Gasteiger partial charge in [-0.05, 0) is 30.5 Å². The van der Waals surface area contributed by atoms with E-state index < -0.39 is 0 Å². The molecule has 132 valence electrons. The fourth-order valence-corrected chi connectivity index (χ4v) is 3.83. The molecule has 26 heavy (non-hydrogen) atoms. The smallest absolute Gasteiger partial charge is 0.253 e. The molecule has 1 amide bonds. The Morgan fingerprint density at radius 2 is 2.00 bits per heavy atom. The Kier molecular flexibility index (Phi) is 3.75. The van der Waals surface area contributed by atoms with Crippen molar-refractivity contribution in [3.8, 4) is 11.4 Å². The largest absolute Gasteiger partial charge is 0.350 e. The van der Waals surface area contributed by atoms with E-state index in [9.17, 15) is 4.79 Å². The summed E-state index contributed by atoms with van der Waals surface area (Å²) in [6.07, 6.45) is 3.96. The molecule has 1 fully saturated rings. The molecule has 0 atom stereocenters. The lowest BCUT2D eigenvalue weighted by Crippen LogP contribution is -2.34. The van der Waals surface area contributed by atoms with Gasteiger partial charge in [0.1, 0.15) is 5.82 Å². The summed E-state index contributed by atoms with van der Waals surface area (Å²) in [5.41, 5.74) is 4.91. The summed E-state index contributed by atoms with van der Waals surface area (Å²) in [4.78, 5) is 17.1. The second-order valence-corrected chi connectivity index (χ2v) is 7.22. The summed E-state index contributed by atoms with van der Waals surface area (Å²) in [6.45, 7) is 2.28. The second-order valence-electron chi connectivity index (χ2n) is 7.22. The average molecular weight is 346 g/mol. The molecule has 0 bridgehead atoms. The van der Waals surface area contributed by atoms with E-state index in [2.05, 4.69) is 39.5 Å². The zero-order valence-corrected chi connectivity index (χ0v) is 14.7. The van der Waals surface area contributed by atoms with E-state index >= 15 is 0 Å². The lowest BCUT2D eigenvalue weighted by molar-refractivity contribution is 0.0956. The number of nitrogens with one attached hydrogen (secondary N) is 2. The van der Waals surface area contributed by atoms with E-state index in [0.29, 0.717) is 18.2 Å². The monoisotopic (exact) mass is 346 g/mol. The number of carbonyl (C=O) groups is 1. The van der Waals surface area contributed by atoms with E-state index in [1.807, 2.05) is 18.2 Å². The van der Waals surface area contributed by atoms with Gasteiger partial charge in [0.2, 0.25) is 0 Å². The van der Waals surface area contributed by atoms with E-state index in [1.54, 1.807) is 0 Å². The second kappa shape index (κ2) is 6.25. The average Bonchev–Trinajstić information content (AvgIpc) is 2.90. The Balaban J connectivity index is 1.49. The van der Waals surface area contributed by atoms with Crippen LogP contribution in [0.25, 0.3) is 22.4 Å². The number of benzene rings is 2. The Morgan fingerprint density at radius 1 is 1.15 bits per heavy atom. The van der Waals surface area contributed by atoms with Gasteiger partial charge in [-0.25, -0.2) is 4.98 Å². The minimum atomic E-state index is -0.0155. The van der Waals surface area contributed by atoms with Crippen molar-refractivity contribution in [2.45, 2.75) is 38.4 Å². The van der Waals surface area contributed by atoms with Crippen molar-refractivity contribution in [3.05, 3.63) is 53.6 Å². The summed E-state index contributed by atoms with van der Waals surface area (Å²) >= 11 is 0. The molecule has 1 aliphatic carbocycles. The van der Waals surface area contributed by atoms with Crippen LogP contribution in [0.1, 0.15) is 35.2 Å². The zero-order chi connectivity index (χ0) is 17.5. The van der Waals surface area contributed by atoms with Crippen LogP contribution < -0.4 is 10.6 Å². The Hall–Kier alpha value is -2.66. The van der Waals surface area contributed by atoms with Crippen molar-refractivity contribution in [1.82, 2.24) is 20.2 Å². The third-order valence-electron chi connectivity index (χ3n) is 5.54. The summed E-state index contributed by atoms with van der Waals surface area (Å²) in [7, 11) is 0. The summed E-state index contributed by atoms with van der Waals surface area (Å²) in [5.74, 6) is 0.917. The van der Waals surface area contributed by atoms with Gasteiger partial charge in [0.25, 0.3) is 5.91 Å². The van der Waals surface area contributed by atoms with Crippen molar-refractivity contribution in [2.75, 3.05) is 6.54 Å². The van der Waals surface area contributed by atoms with Gasteiger partial charge in [-0.2, -0.15) is 0 Å². The van der Waals surface area contributed by atoms with Crippen molar-refractivity contribution in [2.24, 2.45) is 0 Å². The SMILES string of the molecule is O=C1NCCn2c(-c3ccc(CNC4CCC4)cc3)nc3cccc1c32. The van der Waals surface area contributed by atoms with E-state index in [4.69, 9.17) is 4.98 Å². The number of hydrogen-bond donors (Lipinski definition) is 2. The Bertz CT molecular complexity index is 970. The highest BCUT2D eigenvalue weighted by Crippen LogP contribution is 2.28. The normalized spacial score (nSPS) is 17.0. The van der Waals surface area contributed by atoms with E-state index in [1.165, 1.54) is 24.8 Å². The van der Waals surface area contributed by atoms with Crippen LogP contribution in [0.15, 0.2) is 42.5 Å². The van der Waals surface area contributed by atoms with Gasteiger partial charge < -0.3 is 15.2 Å². The van der Waals surface area contributed by atoms with Gasteiger partial charge in [-0.1, -0.05) is 36.8 Å². The van der Waals surface area contributed by atoms with Crippen LogP contribution in [0.5, 0.6) is 0 Å². The molecule has 2 aromatic carbocycles. The first-order chi connectivity index (χ1) is 12.8. The number of rotatable bonds is 4. The number of hydrogen-bond acceptors (Lipinski definition) is 3. The number of carbonyl (C=O) groups excluding carboxylic acids is 1. The molecule has 2 aliphatic rings. The third kappa shape index (κ3) is 2.59.